The number of pyridine rings is 1. The molecule has 4 rings (SSSR count). The number of rotatable bonds is 4. The van der Waals surface area contributed by atoms with Gasteiger partial charge in [-0.15, -0.1) is 23.1 Å². The van der Waals surface area contributed by atoms with E-state index in [-0.39, 0.29) is 5.52 Å². The predicted molar refractivity (Wildman–Crippen MR) is 116 cm³/mol. The van der Waals surface area contributed by atoms with Crippen molar-refractivity contribution in [3.8, 4) is 21.1 Å². The Morgan fingerprint density at radius 2 is 1.80 bits per heavy atom. The maximum absolute atomic E-state index is 13.3. The number of aromatic nitrogens is 3. The number of halogens is 3. The van der Waals surface area contributed by atoms with Gasteiger partial charge in [-0.2, -0.15) is 13.2 Å². The molecule has 3 aromatic heterocycles. The number of aryl methyl sites for hydroxylation is 2. The zero-order valence-corrected chi connectivity index (χ0v) is 18.1. The largest absolute Gasteiger partial charge is 0.421 e. The van der Waals surface area contributed by atoms with E-state index in [4.69, 9.17) is 0 Å². The minimum atomic E-state index is -4.73. The highest BCUT2D eigenvalue weighted by Gasteiger charge is 2.36. The Morgan fingerprint density at radius 1 is 1.10 bits per heavy atom. The van der Waals surface area contributed by atoms with Crippen molar-refractivity contribution in [2.75, 3.05) is 5.75 Å². The summed E-state index contributed by atoms with van der Waals surface area (Å²) in [5.41, 5.74) is -0.725. The third-order valence-corrected chi connectivity index (χ3v) is 7.02. The van der Waals surface area contributed by atoms with Gasteiger partial charge < -0.3 is 4.57 Å². The maximum atomic E-state index is 13.3. The molecule has 156 valence electrons. The summed E-state index contributed by atoms with van der Waals surface area (Å²) in [6.07, 6.45) is -4.73. The van der Waals surface area contributed by atoms with Crippen LogP contribution in [-0.2, 0) is 20.3 Å². The van der Waals surface area contributed by atoms with Crippen LogP contribution in [0.2, 0.25) is 0 Å². The Hall–Kier alpha value is -2.52. The molecule has 1 aromatic carbocycles. The van der Waals surface area contributed by atoms with Crippen LogP contribution in [0.1, 0.15) is 12.5 Å². The molecule has 0 aliphatic heterocycles. The van der Waals surface area contributed by atoms with Gasteiger partial charge in [0.1, 0.15) is 16.7 Å². The number of hydrogen-bond donors (Lipinski definition) is 0. The van der Waals surface area contributed by atoms with Crippen molar-refractivity contribution >= 4 is 34.3 Å². The molecule has 0 fully saturated rings. The number of hydrogen-bond acceptors (Lipinski definition) is 4. The summed E-state index contributed by atoms with van der Waals surface area (Å²) in [5.74, 6) is 1.39. The fourth-order valence-electron chi connectivity index (χ4n) is 3.42. The van der Waals surface area contributed by atoms with Crippen LogP contribution in [-0.4, -0.2) is 19.9 Å². The molecule has 3 heterocycles. The second kappa shape index (κ2) is 7.63. The minimum absolute atomic E-state index is 0.143. The first-order valence-electron chi connectivity index (χ1n) is 9.18. The van der Waals surface area contributed by atoms with E-state index in [1.165, 1.54) is 7.05 Å². The second-order valence-corrected chi connectivity index (χ2v) is 9.08. The highest BCUT2D eigenvalue weighted by molar-refractivity contribution is 7.99. The number of nitrogens with zero attached hydrogens (tertiary/aromatic N) is 3. The van der Waals surface area contributed by atoms with Gasteiger partial charge in [0.25, 0.3) is 5.56 Å². The molecular formula is C21H18F3N3OS2. The fourth-order valence-corrected chi connectivity index (χ4v) is 5.62. The SMILES string of the molecule is CCSc1cc(-c2ccccc2)sc1-c1nc2cc(C(F)(F)F)c(=O)n(C)c2n1C. The fraction of sp³-hybridized carbons (Fsp3) is 0.238. The van der Waals surface area contributed by atoms with E-state index in [2.05, 4.69) is 11.1 Å². The molecular weight excluding hydrogens is 431 g/mol. The van der Waals surface area contributed by atoms with E-state index < -0.39 is 17.3 Å². The van der Waals surface area contributed by atoms with E-state index in [0.717, 1.165) is 36.6 Å². The number of imidazole rings is 1. The lowest BCUT2D eigenvalue weighted by Gasteiger charge is -2.09. The van der Waals surface area contributed by atoms with Crippen molar-refractivity contribution in [2.45, 2.75) is 18.0 Å². The Bertz CT molecular complexity index is 1290. The Labute approximate surface area is 179 Å². The van der Waals surface area contributed by atoms with E-state index in [1.54, 1.807) is 34.7 Å². The summed E-state index contributed by atoms with van der Waals surface area (Å²) in [6, 6.07) is 12.8. The molecule has 4 nitrogen and oxygen atoms in total. The number of benzene rings is 1. The molecule has 0 saturated heterocycles. The van der Waals surface area contributed by atoms with Crippen molar-refractivity contribution in [3.63, 3.8) is 0 Å². The second-order valence-electron chi connectivity index (χ2n) is 6.73. The lowest BCUT2D eigenvalue weighted by Crippen LogP contribution is -2.27. The standard InChI is InChI=1S/C21H18F3N3OS2/c1-4-29-16-11-15(12-8-6-5-7-9-12)30-17(16)18-25-14-10-13(21(22,23)24)20(28)27(3)19(14)26(18)2/h5-11H,4H2,1-3H3. The minimum Gasteiger partial charge on any atom is -0.312 e. The molecule has 4 aromatic rings. The summed E-state index contributed by atoms with van der Waals surface area (Å²) in [5, 5.41) is 0. The van der Waals surface area contributed by atoms with Crippen LogP contribution in [0, 0.1) is 0 Å². The highest BCUT2D eigenvalue weighted by atomic mass is 32.2. The Balaban J connectivity index is 1.96. The summed E-state index contributed by atoms with van der Waals surface area (Å²) in [4.78, 5) is 19.7. The van der Waals surface area contributed by atoms with E-state index in [9.17, 15) is 18.0 Å². The summed E-state index contributed by atoms with van der Waals surface area (Å²) in [7, 11) is 3.07. The summed E-state index contributed by atoms with van der Waals surface area (Å²) >= 11 is 3.20. The zero-order valence-electron chi connectivity index (χ0n) is 16.4. The molecule has 30 heavy (non-hydrogen) atoms. The molecule has 0 unspecified atom stereocenters. The van der Waals surface area contributed by atoms with Crippen LogP contribution in [0.5, 0.6) is 0 Å². The third kappa shape index (κ3) is 3.45. The molecule has 0 saturated carbocycles. The van der Waals surface area contributed by atoms with Crippen LogP contribution < -0.4 is 5.56 Å². The van der Waals surface area contributed by atoms with Crippen molar-refractivity contribution < 1.29 is 13.2 Å². The van der Waals surface area contributed by atoms with Gasteiger partial charge in [-0.05, 0) is 23.4 Å². The number of thiophene rings is 1. The van der Waals surface area contributed by atoms with Gasteiger partial charge in [-0.1, -0.05) is 37.3 Å². The molecule has 0 aliphatic rings. The first-order valence-corrected chi connectivity index (χ1v) is 11.0. The zero-order chi connectivity index (χ0) is 21.6. The Morgan fingerprint density at radius 3 is 2.43 bits per heavy atom. The van der Waals surface area contributed by atoms with E-state index in [1.807, 2.05) is 37.3 Å². The summed E-state index contributed by atoms with van der Waals surface area (Å²) in [6.45, 7) is 2.04. The van der Waals surface area contributed by atoms with Gasteiger partial charge in [0.2, 0.25) is 0 Å². The quantitative estimate of drug-likeness (QED) is 0.370. The van der Waals surface area contributed by atoms with Crippen LogP contribution in [0.15, 0.2) is 52.2 Å². The lowest BCUT2D eigenvalue weighted by molar-refractivity contribution is -0.138. The monoisotopic (exact) mass is 449 g/mol. The Kier molecular flexibility index (Phi) is 5.27. The molecule has 9 heteroatoms. The molecule has 0 spiro atoms. The smallest absolute Gasteiger partial charge is 0.312 e. The first kappa shape index (κ1) is 20.7. The van der Waals surface area contributed by atoms with Crippen LogP contribution in [0.25, 0.3) is 32.3 Å². The van der Waals surface area contributed by atoms with Gasteiger partial charge in [0.15, 0.2) is 5.82 Å². The van der Waals surface area contributed by atoms with Crippen molar-refractivity contribution in [1.29, 1.82) is 0 Å². The maximum Gasteiger partial charge on any atom is 0.421 e. The lowest BCUT2D eigenvalue weighted by atomic mass is 10.2. The molecule has 0 aliphatic carbocycles. The number of alkyl halides is 3. The average Bonchev–Trinajstić information content (AvgIpc) is 3.26. The van der Waals surface area contributed by atoms with Gasteiger partial charge >= 0.3 is 6.18 Å². The topological polar surface area (TPSA) is 39.8 Å². The molecule has 0 bridgehead atoms. The number of fused-ring (bicyclic) bond motifs is 1. The molecule has 0 N–H and O–H groups in total. The van der Waals surface area contributed by atoms with E-state index in [0.29, 0.717) is 11.5 Å². The molecule has 0 atom stereocenters. The first-order chi connectivity index (χ1) is 14.2. The van der Waals surface area contributed by atoms with Crippen molar-refractivity contribution in [1.82, 2.24) is 14.1 Å². The van der Waals surface area contributed by atoms with Crippen LogP contribution in [0.3, 0.4) is 0 Å². The van der Waals surface area contributed by atoms with Gasteiger partial charge in [0, 0.05) is 23.9 Å². The predicted octanol–water partition coefficient (Wildman–Crippen LogP) is 5.80. The van der Waals surface area contributed by atoms with Crippen LogP contribution in [0.4, 0.5) is 13.2 Å². The van der Waals surface area contributed by atoms with E-state index >= 15 is 0 Å². The van der Waals surface area contributed by atoms with Gasteiger partial charge in [-0.25, -0.2) is 4.98 Å². The normalized spacial score (nSPS) is 12.1. The van der Waals surface area contributed by atoms with Crippen molar-refractivity contribution in [2.24, 2.45) is 14.1 Å². The summed E-state index contributed by atoms with van der Waals surface area (Å²) < 4.78 is 42.6. The van der Waals surface area contributed by atoms with Crippen LogP contribution >= 0.6 is 23.1 Å². The van der Waals surface area contributed by atoms with Gasteiger partial charge in [0.05, 0.1) is 4.88 Å². The highest BCUT2D eigenvalue weighted by Crippen LogP contribution is 2.43. The molecule has 0 radical (unpaired) electrons. The van der Waals surface area contributed by atoms with Crippen molar-refractivity contribution in [3.05, 3.63) is 58.4 Å². The average molecular weight is 450 g/mol. The van der Waals surface area contributed by atoms with Gasteiger partial charge in [-0.3, -0.25) is 9.36 Å². The molecule has 0 amide bonds. The third-order valence-electron chi connectivity index (χ3n) is 4.79. The number of thioether (sulfide) groups is 1.